The van der Waals surface area contributed by atoms with Gasteiger partial charge < -0.3 is 0 Å². The summed E-state index contributed by atoms with van der Waals surface area (Å²) in [6, 6.07) is 40.1. The maximum absolute atomic E-state index is 9.17. The number of hydrogen-bond donors (Lipinski definition) is 0. The second kappa shape index (κ2) is 8.02. The van der Waals surface area contributed by atoms with Gasteiger partial charge in [-0.25, -0.2) is 0 Å². The van der Waals surface area contributed by atoms with Crippen molar-refractivity contribution in [3.8, 4) is 6.07 Å². The summed E-state index contributed by atoms with van der Waals surface area (Å²) < 4.78 is 5.65. The van der Waals surface area contributed by atoms with Crippen LogP contribution in [0.3, 0.4) is 0 Å². The molecule has 0 fully saturated rings. The van der Waals surface area contributed by atoms with Gasteiger partial charge in [-0.2, -0.15) is 0 Å². The minimum absolute atomic E-state index is 0.0858. The van der Waals surface area contributed by atoms with Crippen molar-refractivity contribution in [2.75, 3.05) is 0 Å². The van der Waals surface area contributed by atoms with Gasteiger partial charge in [0.2, 0.25) is 0 Å². The number of fused-ring (bicyclic) bond motifs is 1. The molecule has 5 heteroatoms. The fourth-order valence-electron chi connectivity index (χ4n) is 4.40. The van der Waals surface area contributed by atoms with Crippen LogP contribution in [-0.2, 0) is 6.16 Å². The Hall–Kier alpha value is -3.25. The quantitative estimate of drug-likeness (QED) is 0.277. The van der Waals surface area contributed by atoms with Crippen molar-refractivity contribution in [3.63, 3.8) is 0 Å². The monoisotopic (exact) mass is 498 g/mol. The molecule has 0 bridgehead atoms. The molecule has 1 aromatic heterocycles. The van der Waals surface area contributed by atoms with E-state index in [0.29, 0.717) is 11.1 Å². The number of aromatic nitrogens is 1. The van der Waals surface area contributed by atoms with Crippen molar-refractivity contribution >= 4 is 47.8 Å². The first-order chi connectivity index (χ1) is 15.6. The van der Waals surface area contributed by atoms with E-state index in [-0.39, 0.29) is 5.89 Å². The first kappa shape index (κ1) is 20.6. The standard InChI is InChI=1S/C27H20BrN2OP/c28-32(22-10-4-1-5-11-22,23-12-6-2-7-13-23,24-14-8-3-9-15-24)20-21-16-17-25-26(18-21)31-27(19-29)30-25/h1-18H,20H2. The summed E-state index contributed by atoms with van der Waals surface area (Å²) in [4.78, 5) is 4.23. The molecule has 1 heterocycles. The maximum atomic E-state index is 9.17. The molecule has 0 aliphatic heterocycles. The van der Waals surface area contributed by atoms with Crippen LogP contribution in [0.15, 0.2) is 114 Å². The van der Waals surface area contributed by atoms with Crippen LogP contribution in [0.1, 0.15) is 11.5 Å². The summed E-state index contributed by atoms with van der Waals surface area (Å²) in [6.45, 7) is 0. The molecule has 4 aromatic carbocycles. The number of nitrogens with zero attached hydrogens (tertiary/aromatic N) is 2. The first-order valence-corrected chi connectivity index (χ1v) is 14.7. The van der Waals surface area contributed by atoms with E-state index in [2.05, 4.69) is 118 Å². The van der Waals surface area contributed by atoms with E-state index in [1.807, 2.05) is 18.2 Å². The topological polar surface area (TPSA) is 49.8 Å². The van der Waals surface area contributed by atoms with Crippen LogP contribution in [0.5, 0.6) is 0 Å². The molecule has 0 aliphatic rings. The Morgan fingerprint density at radius 3 is 1.72 bits per heavy atom. The predicted octanol–water partition coefficient (Wildman–Crippen LogP) is 6.04. The molecule has 0 unspecified atom stereocenters. The predicted molar refractivity (Wildman–Crippen MR) is 137 cm³/mol. The first-order valence-electron chi connectivity index (χ1n) is 10.3. The molecule has 0 saturated heterocycles. The van der Waals surface area contributed by atoms with Gasteiger partial charge in [-0.15, -0.1) is 0 Å². The molecule has 32 heavy (non-hydrogen) atoms. The van der Waals surface area contributed by atoms with Crippen molar-refractivity contribution < 1.29 is 4.42 Å². The summed E-state index contributed by atoms with van der Waals surface area (Å²) >= 11 is 4.47. The molecule has 0 atom stereocenters. The minimum atomic E-state index is -3.09. The number of hydrogen-bond acceptors (Lipinski definition) is 3. The van der Waals surface area contributed by atoms with Crippen LogP contribution in [0.4, 0.5) is 0 Å². The Labute approximate surface area is 195 Å². The molecule has 5 aromatic rings. The fourth-order valence-corrected chi connectivity index (χ4v) is 12.1. The SMILES string of the molecule is N#Cc1nc2ccc(CP(Br)(c3ccccc3)(c3ccccc3)c3ccccc3)cc2o1. The molecule has 0 N–H and O–H groups in total. The molecule has 0 radical (unpaired) electrons. The van der Waals surface area contributed by atoms with Crippen molar-refractivity contribution in [2.24, 2.45) is 0 Å². The van der Waals surface area contributed by atoms with Crippen molar-refractivity contribution in [1.29, 1.82) is 5.26 Å². The number of oxazole rings is 1. The van der Waals surface area contributed by atoms with Crippen LogP contribution in [0, 0.1) is 11.3 Å². The van der Waals surface area contributed by atoms with E-state index in [0.717, 1.165) is 11.7 Å². The molecule has 156 valence electrons. The zero-order valence-corrected chi connectivity index (χ0v) is 19.7. The fraction of sp³-hybridized carbons (Fsp3) is 0.0370. The zero-order chi connectivity index (χ0) is 22.0. The van der Waals surface area contributed by atoms with Gasteiger partial charge in [0, 0.05) is 0 Å². The Morgan fingerprint density at radius 1 is 0.750 bits per heavy atom. The average molecular weight is 499 g/mol. The Kier molecular flexibility index (Phi) is 5.18. The molecular formula is C27H20BrN2OP. The number of benzene rings is 4. The normalized spacial score (nSPS) is 12.7. The molecule has 0 amide bonds. The number of nitriles is 1. The van der Waals surface area contributed by atoms with Gasteiger partial charge in [-0.05, 0) is 0 Å². The van der Waals surface area contributed by atoms with Crippen LogP contribution >= 0.6 is 20.8 Å². The summed E-state index contributed by atoms with van der Waals surface area (Å²) in [7, 11) is 0. The Balaban J connectivity index is 1.81. The molecular weight excluding hydrogens is 479 g/mol. The van der Waals surface area contributed by atoms with Gasteiger partial charge in [-0.1, -0.05) is 0 Å². The van der Waals surface area contributed by atoms with Crippen LogP contribution in [0.25, 0.3) is 11.1 Å². The molecule has 5 rings (SSSR count). The number of halogens is 1. The van der Waals surface area contributed by atoms with Crippen LogP contribution < -0.4 is 15.9 Å². The van der Waals surface area contributed by atoms with Crippen LogP contribution in [0.2, 0.25) is 0 Å². The number of rotatable bonds is 5. The second-order valence-corrected chi connectivity index (χ2v) is 16.7. The van der Waals surface area contributed by atoms with Gasteiger partial charge in [0.05, 0.1) is 0 Å². The summed E-state index contributed by atoms with van der Waals surface area (Å²) in [5.41, 5.74) is 2.44. The van der Waals surface area contributed by atoms with E-state index in [9.17, 15) is 5.26 Å². The van der Waals surface area contributed by atoms with E-state index in [1.165, 1.54) is 15.9 Å². The van der Waals surface area contributed by atoms with Crippen LogP contribution in [-0.4, -0.2) is 4.98 Å². The van der Waals surface area contributed by atoms with Gasteiger partial charge in [0.1, 0.15) is 0 Å². The van der Waals surface area contributed by atoms with Crippen molar-refractivity contribution in [2.45, 2.75) is 6.16 Å². The molecule has 0 saturated carbocycles. The average Bonchev–Trinajstić information content (AvgIpc) is 3.28. The molecule has 0 spiro atoms. The third-order valence-corrected chi connectivity index (χ3v) is 15.4. The van der Waals surface area contributed by atoms with Gasteiger partial charge in [-0.3, -0.25) is 0 Å². The van der Waals surface area contributed by atoms with E-state index >= 15 is 0 Å². The third-order valence-electron chi connectivity index (χ3n) is 5.91. The van der Waals surface area contributed by atoms with Crippen molar-refractivity contribution in [3.05, 3.63) is 121 Å². The van der Waals surface area contributed by atoms with E-state index in [1.54, 1.807) is 0 Å². The summed E-state index contributed by atoms with van der Waals surface area (Å²) in [5.74, 6) is 0.0858. The Morgan fingerprint density at radius 2 is 1.25 bits per heavy atom. The third kappa shape index (κ3) is 3.26. The van der Waals surface area contributed by atoms with Crippen molar-refractivity contribution in [1.82, 2.24) is 4.98 Å². The second-order valence-electron chi connectivity index (χ2n) is 7.78. The van der Waals surface area contributed by atoms with Gasteiger partial charge in [0.25, 0.3) is 0 Å². The molecule has 3 nitrogen and oxygen atoms in total. The summed E-state index contributed by atoms with van der Waals surface area (Å²) in [5, 5.41) is 9.85. The molecule has 0 aliphatic carbocycles. The summed E-state index contributed by atoms with van der Waals surface area (Å²) in [6.07, 6.45) is 0.752. The Bertz CT molecular complexity index is 1330. The zero-order valence-electron chi connectivity index (χ0n) is 17.2. The van der Waals surface area contributed by atoms with E-state index in [4.69, 9.17) is 4.42 Å². The van der Waals surface area contributed by atoms with Gasteiger partial charge >= 0.3 is 195 Å². The van der Waals surface area contributed by atoms with E-state index < -0.39 is 5.31 Å². The van der Waals surface area contributed by atoms with Gasteiger partial charge in [0.15, 0.2) is 0 Å².